The third kappa shape index (κ3) is 6.30. The van der Waals surface area contributed by atoms with Crippen molar-refractivity contribution in [3.63, 3.8) is 0 Å². The summed E-state index contributed by atoms with van der Waals surface area (Å²) in [4.78, 5) is 2.38. The molecule has 0 saturated carbocycles. The van der Waals surface area contributed by atoms with Gasteiger partial charge in [0.05, 0.1) is 0 Å². The van der Waals surface area contributed by atoms with E-state index in [2.05, 4.69) is 241 Å². The van der Waals surface area contributed by atoms with Crippen molar-refractivity contribution in [2.45, 2.75) is 0 Å². The lowest BCUT2D eigenvalue weighted by Gasteiger charge is -2.26. The molecule has 1 nitrogen and oxygen atoms in total. The van der Waals surface area contributed by atoms with Gasteiger partial charge in [0.2, 0.25) is 0 Å². The molecule has 11 rings (SSSR count). The van der Waals surface area contributed by atoms with Crippen LogP contribution in [0.1, 0.15) is 0 Å². The van der Waals surface area contributed by atoms with E-state index in [9.17, 15) is 0 Å². The number of rotatable bonds is 7. The second kappa shape index (κ2) is 14.6. The lowest BCUT2D eigenvalue weighted by molar-refractivity contribution is 1.29. The summed E-state index contributed by atoms with van der Waals surface area (Å²) >= 11 is 0. The quantitative estimate of drug-likeness (QED) is 0.147. The summed E-state index contributed by atoms with van der Waals surface area (Å²) in [6.45, 7) is 0. The van der Waals surface area contributed by atoms with E-state index in [1.807, 2.05) is 0 Å². The Hall–Kier alpha value is -7.74. The fraction of sp³-hybridized carbons (Fsp3) is 0. The normalized spacial score (nSPS) is 11.4. The largest absolute Gasteiger partial charge is 0.310 e. The molecule has 0 spiro atoms. The zero-order valence-electron chi connectivity index (χ0n) is 32.5. The Morgan fingerprint density at radius 3 is 1.29 bits per heavy atom. The first-order valence-electron chi connectivity index (χ1n) is 20.3. The first kappa shape index (κ1) is 34.5. The van der Waals surface area contributed by atoms with E-state index in [4.69, 9.17) is 0 Å². The predicted octanol–water partition coefficient (Wildman–Crippen LogP) is 16.4. The average Bonchev–Trinajstić information content (AvgIpc) is 3.32. The van der Waals surface area contributed by atoms with Crippen molar-refractivity contribution in [1.82, 2.24) is 0 Å². The van der Waals surface area contributed by atoms with Crippen LogP contribution in [0, 0.1) is 0 Å². The number of nitrogens with zero attached hydrogens (tertiary/aromatic N) is 1. The maximum atomic E-state index is 2.40. The van der Waals surface area contributed by atoms with Gasteiger partial charge in [-0.25, -0.2) is 0 Å². The van der Waals surface area contributed by atoms with Gasteiger partial charge < -0.3 is 4.90 Å². The van der Waals surface area contributed by atoms with Gasteiger partial charge in [0, 0.05) is 17.1 Å². The summed E-state index contributed by atoms with van der Waals surface area (Å²) < 4.78 is 0. The molecule has 0 bridgehead atoms. The van der Waals surface area contributed by atoms with Gasteiger partial charge in [0.15, 0.2) is 0 Å². The van der Waals surface area contributed by atoms with E-state index in [-0.39, 0.29) is 0 Å². The number of hydrogen-bond donors (Lipinski definition) is 0. The van der Waals surface area contributed by atoms with E-state index >= 15 is 0 Å². The number of anilines is 3. The minimum Gasteiger partial charge on any atom is -0.310 e. The first-order valence-corrected chi connectivity index (χ1v) is 20.3. The van der Waals surface area contributed by atoms with Gasteiger partial charge in [-0.05, 0) is 136 Å². The minimum absolute atomic E-state index is 1.10. The van der Waals surface area contributed by atoms with Crippen molar-refractivity contribution in [2.24, 2.45) is 0 Å². The van der Waals surface area contributed by atoms with Crippen LogP contribution in [0.2, 0.25) is 0 Å². The van der Waals surface area contributed by atoms with Crippen LogP contribution in [0.15, 0.2) is 237 Å². The molecule has 0 aliphatic heterocycles. The SMILES string of the molecule is c1ccc(-c2ccc3cc(N(c4ccc(-c5ccc6c(c5)c(-c5ccccc5)c(-c5ccccc5)c5ccccc56)cc4)c4ccc5ccccc5c4)ccc3c2)cc1. The van der Waals surface area contributed by atoms with Crippen molar-refractivity contribution < 1.29 is 0 Å². The van der Waals surface area contributed by atoms with Crippen molar-refractivity contribution in [2.75, 3.05) is 4.90 Å². The molecule has 0 aliphatic carbocycles. The summed E-state index contributed by atoms with van der Waals surface area (Å²) in [5.41, 5.74) is 13.1. The first-order chi connectivity index (χ1) is 29.2. The summed E-state index contributed by atoms with van der Waals surface area (Å²) in [7, 11) is 0. The van der Waals surface area contributed by atoms with E-state index in [1.54, 1.807) is 0 Å². The highest BCUT2D eigenvalue weighted by Gasteiger charge is 2.19. The average molecular weight is 750 g/mol. The van der Waals surface area contributed by atoms with Crippen molar-refractivity contribution in [3.8, 4) is 44.5 Å². The van der Waals surface area contributed by atoms with Gasteiger partial charge in [0.1, 0.15) is 0 Å². The highest BCUT2D eigenvalue weighted by molar-refractivity contribution is 6.22. The molecule has 59 heavy (non-hydrogen) atoms. The van der Waals surface area contributed by atoms with Crippen LogP contribution < -0.4 is 4.90 Å². The molecular weight excluding hydrogens is 711 g/mol. The van der Waals surface area contributed by atoms with Crippen LogP contribution in [0.25, 0.3) is 87.6 Å². The molecule has 0 amide bonds. The molecule has 0 atom stereocenters. The molecule has 1 heteroatoms. The number of fused-ring (bicyclic) bond motifs is 5. The molecule has 0 aromatic heterocycles. The van der Waals surface area contributed by atoms with Gasteiger partial charge in [-0.15, -0.1) is 0 Å². The fourth-order valence-electron chi connectivity index (χ4n) is 8.93. The van der Waals surface area contributed by atoms with E-state index in [0.717, 1.165) is 17.1 Å². The minimum atomic E-state index is 1.10. The second-order valence-electron chi connectivity index (χ2n) is 15.3. The van der Waals surface area contributed by atoms with Crippen molar-refractivity contribution in [1.29, 1.82) is 0 Å². The molecule has 0 saturated heterocycles. The zero-order chi connectivity index (χ0) is 39.1. The molecular formula is C58H39N. The standard InChI is InChI=1S/C58H39N/c1-4-14-40(15-5-1)46-24-25-48-38-52(34-29-47(48)36-46)59(51-33-28-41-16-10-11-21-45(41)37-51)50-31-26-42(27-32-50)49-30-35-54-53-22-12-13-23-55(53)57(43-17-6-2-7-18-43)58(56(54)39-49)44-19-8-3-9-20-44/h1-39H. The Bertz CT molecular complexity index is 3300. The van der Waals surface area contributed by atoms with Crippen LogP contribution in [0.3, 0.4) is 0 Å². The Morgan fingerprint density at radius 2 is 0.610 bits per heavy atom. The van der Waals surface area contributed by atoms with Crippen molar-refractivity contribution >= 4 is 60.2 Å². The van der Waals surface area contributed by atoms with Gasteiger partial charge in [-0.3, -0.25) is 0 Å². The lowest BCUT2D eigenvalue weighted by Crippen LogP contribution is -2.09. The monoisotopic (exact) mass is 749 g/mol. The molecule has 0 N–H and O–H groups in total. The van der Waals surface area contributed by atoms with Gasteiger partial charge in [-0.1, -0.05) is 188 Å². The fourth-order valence-corrected chi connectivity index (χ4v) is 8.93. The zero-order valence-corrected chi connectivity index (χ0v) is 32.5. The Kier molecular flexibility index (Phi) is 8.56. The van der Waals surface area contributed by atoms with Gasteiger partial charge >= 0.3 is 0 Å². The van der Waals surface area contributed by atoms with Crippen LogP contribution in [0.4, 0.5) is 17.1 Å². The van der Waals surface area contributed by atoms with Crippen LogP contribution >= 0.6 is 0 Å². The topological polar surface area (TPSA) is 3.24 Å². The van der Waals surface area contributed by atoms with E-state index in [0.29, 0.717) is 0 Å². The molecule has 0 unspecified atom stereocenters. The molecule has 276 valence electrons. The van der Waals surface area contributed by atoms with E-state index < -0.39 is 0 Å². The number of hydrogen-bond acceptors (Lipinski definition) is 1. The van der Waals surface area contributed by atoms with Crippen LogP contribution in [0.5, 0.6) is 0 Å². The maximum absolute atomic E-state index is 2.40. The summed E-state index contributed by atoms with van der Waals surface area (Å²) in [5.74, 6) is 0. The third-order valence-electron chi connectivity index (χ3n) is 11.8. The predicted molar refractivity (Wildman–Crippen MR) is 253 cm³/mol. The van der Waals surface area contributed by atoms with Crippen LogP contribution in [-0.2, 0) is 0 Å². The Balaban J connectivity index is 1.05. The summed E-state index contributed by atoms with van der Waals surface area (Å²) in [5, 5.41) is 9.91. The molecule has 0 fully saturated rings. The molecule has 0 radical (unpaired) electrons. The van der Waals surface area contributed by atoms with Crippen LogP contribution in [-0.4, -0.2) is 0 Å². The molecule has 11 aromatic carbocycles. The molecule has 11 aromatic rings. The molecule has 0 aliphatic rings. The Morgan fingerprint density at radius 1 is 0.203 bits per heavy atom. The highest BCUT2D eigenvalue weighted by atomic mass is 15.1. The summed E-state index contributed by atoms with van der Waals surface area (Å²) in [6.07, 6.45) is 0. The van der Waals surface area contributed by atoms with Gasteiger partial charge in [0.25, 0.3) is 0 Å². The molecule has 0 heterocycles. The van der Waals surface area contributed by atoms with Crippen molar-refractivity contribution in [3.05, 3.63) is 237 Å². The van der Waals surface area contributed by atoms with E-state index in [1.165, 1.54) is 87.6 Å². The third-order valence-corrected chi connectivity index (χ3v) is 11.8. The maximum Gasteiger partial charge on any atom is 0.0468 e. The van der Waals surface area contributed by atoms with Gasteiger partial charge in [-0.2, -0.15) is 0 Å². The lowest BCUT2D eigenvalue weighted by atomic mass is 9.84. The Labute approximate surface area is 344 Å². The summed E-state index contributed by atoms with van der Waals surface area (Å²) in [6, 6.07) is 86.3. The second-order valence-corrected chi connectivity index (χ2v) is 15.3. The number of benzene rings is 11. The smallest absolute Gasteiger partial charge is 0.0468 e. The highest BCUT2D eigenvalue weighted by Crippen LogP contribution is 2.46.